The van der Waals surface area contributed by atoms with Crippen LogP contribution in [0, 0.1) is 6.92 Å². The van der Waals surface area contributed by atoms with Gasteiger partial charge in [0.05, 0.1) is 17.9 Å². The van der Waals surface area contributed by atoms with Crippen molar-refractivity contribution in [2.75, 3.05) is 18.4 Å². The van der Waals surface area contributed by atoms with E-state index in [0.29, 0.717) is 24.5 Å². The molecule has 1 aromatic heterocycles. The number of anilines is 1. The number of hydrogen-bond donors (Lipinski definition) is 3. The quantitative estimate of drug-likeness (QED) is 0.440. The molecule has 184 valence electrons. The van der Waals surface area contributed by atoms with Crippen molar-refractivity contribution >= 4 is 29.7 Å². The van der Waals surface area contributed by atoms with Crippen LogP contribution in [0.25, 0.3) is 5.70 Å². The zero-order valence-electron chi connectivity index (χ0n) is 20.0. The molecule has 10 heteroatoms. The van der Waals surface area contributed by atoms with Crippen LogP contribution in [-0.4, -0.2) is 57.2 Å². The van der Waals surface area contributed by atoms with E-state index < -0.39 is 0 Å². The summed E-state index contributed by atoms with van der Waals surface area (Å²) in [5, 5.41) is 6.35. The molecular weight excluding hydrogens is 456 g/mol. The lowest BCUT2D eigenvalue weighted by molar-refractivity contribution is -0.128. The van der Waals surface area contributed by atoms with Crippen LogP contribution in [0.4, 0.5) is 5.82 Å². The number of likely N-dealkylation sites (tertiary alicyclic amines) is 1. The van der Waals surface area contributed by atoms with Gasteiger partial charge in [-0.3, -0.25) is 25.0 Å². The number of rotatable bonds is 5. The summed E-state index contributed by atoms with van der Waals surface area (Å²) in [6.45, 7) is 6.84. The Balaban J connectivity index is 1.38. The van der Waals surface area contributed by atoms with Crippen molar-refractivity contribution in [3.05, 3.63) is 89.5 Å². The van der Waals surface area contributed by atoms with E-state index in [1.54, 1.807) is 30.9 Å². The predicted octanol–water partition coefficient (Wildman–Crippen LogP) is 2.37. The summed E-state index contributed by atoms with van der Waals surface area (Å²) >= 11 is 0. The first-order chi connectivity index (χ1) is 17.4. The molecule has 0 radical (unpaired) electrons. The number of piperidine rings is 1. The van der Waals surface area contributed by atoms with E-state index >= 15 is 0 Å². The maximum Gasteiger partial charge on any atom is 0.256 e. The molecule has 4 heterocycles. The average Bonchev–Trinajstić information content (AvgIpc) is 3.29. The monoisotopic (exact) mass is 484 g/mol. The Labute approximate surface area is 209 Å². The lowest BCUT2D eigenvalue weighted by atomic mass is 10.0. The summed E-state index contributed by atoms with van der Waals surface area (Å²) in [7, 11) is 0. The van der Waals surface area contributed by atoms with E-state index in [2.05, 4.69) is 27.3 Å². The van der Waals surface area contributed by atoms with Gasteiger partial charge in [-0.2, -0.15) is 0 Å². The third-order valence-electron chi connectivity index (χ3n) is 6.46. The number of carbonyl (C=O) groups excluding carboxylic acids is 2. The highest BCUT2D eigenvalue weighted by atomic mass is 16.2. The predicted molar refractivity (Wildman–Crippen MR) is 138 cm³/mol. The molecule has 0 unspecified atom stereocenters. The molecule has 1 atom stereocenters. The van der Waals surface area contributed by atoms with Gasteiger partial charge in [0.2, 0.25) is 5.91 Å². The first-order valence-corrected chi connectivity index (χ1v) is 11.8. The highest BCUT2D eigenvalue weighted by Gasteiger charge is 2.38. The molecule has 2 amide bonds. The van der Waals surface area contributed by atoms with Crippen molar-refractivity contribution in [3.63, 3.8) is 0 Å². The smallest absolute Gasteiger partial charge is 0.256 e. The number of amides is 2. The van der Waals surface area contributed by atoms with Crippen molar-refractivity contribution in [1.29, 1.82) is 0 Å². The second kappa shape index (κ2) is 9.67. The van der Waals surface area contributed by atoms with Crippen LogP contribution >= 0.6 is 0 Å². The largest absolute Gasteiger partial charge is 0.337 e. The first-order valence-electron chi connectivity index (χ1n) is 11.8. The van der Waals surface area contributed by atoms with Crippen LogP contribution in [0.15, 0.2) is 77.8 Å². The van der Waals surface area contributed by atoms with Gasteiger partial charge >= 0.3 is 0 Å². The molecule has 4 N–H and O–H groups in total. The molecule has 0 bridgehead atoms. The fourth-order valence-corrected chi connectivity index (χ4v) is 4.66. The Morgan fingerprint density at radius 3 is 2.81 bits per heavy atom. The highest BCUT2D eigenvalue weighted by Crippen LogP contribution is 2.36. The second-order valence-electron chi connectivity index (χ2n) is 8.93. The molecule has 36 heavy (non-hydrogen) atoms. The van der Waals surface area contributed by atoms with Crippen LogP contribution in [0.1, 0.15) is 34.3 Å². The topological polar surface area (TPSA) is 119 Å². The number of fused-ring (bicyclic) bond motifs is 1. The van der Waals surface area contributed by atoms with Gasteiger partial charge in [-0.25, -0.2) is 15.8 Å². The number of aryl methyl sites for hydroxylation is 1. The van der Waals surface area contributed by atoms with Crippen molar-refractivity contribution in [2.24, 2.45) is 10.8 Å². The van der Waals surface area contributed by atoms with Gasteiger partial charge in [-0.15, -0.1) is 0 Å². The van der Waals surface area contributed by atoms with Gasteiger partial charge in [-0.05, 0) is 55.7 Å². The fraction of sp³-hybridized carbons (Fsp3) is 0.231. The van der Waals surface area contributed by atoms with Crippen LogP contribution in [0.3, 0.4) is 0 Å². The van der Waals surface area contributed by atoms with E-state index in [9.17, 15) is 9.59 Å². The third kappa shape index (κ3) is 4.46. The Morgan fingerprint density at radius 1 is 1.25 bits per heavy atom. The number of aliphatic imine (C=N–C) groups is 1. The minimum Gasteiger partial charge on any atom is -0.337 e. The molecule has 3 aliphatic heterocycles. The number of hydrazine groups is 2. The summed E-state index contributed by atoms with van der Waals surface area (Å²) in [5.74, 6) is 6.48. The lowest BCUT2D eigenvalue weighted by Gasteiger charge is -2.39. The maximum atomic E-state index is 12.7. The SMILES string of the molecule is C=CC(=O)N1CCC[C@@H](N2NC(c3ccc(C(=O)Nc4cc(C)ccn4)cc3)=C3C2=CN=CN3N)C1. The van der Waals surface area contributed by atoms with Crippen molar-refractivity contribution < 1.29 is 9.59 Å². The number of aromatic nitrogens is 1. The zero-order valence-corrected chi connectivity index (χ0v) is 20.0. The molecule has 5 rings (SSSR count). The molecule has 1 saturated heterocycles. The number of nitrogens with one attached hydrogen (secondary N) is 2. The van der Waals surface area contributed by atoms with Crippen molar-refractivity contribution in [1.82, 2.24) is 25.3 Å². The maximum absolute atomic E-state index is 12.7. The van der Waals surface area contributed by atoms with Crippen molar-refractivity contribution in [2.45, 2.75) is 25.8 Å². The number of carbonyl (C=O) groups is 2. The molecule has 1 aromatic carbocycles. The summed E-state index contributed by atoms with van der Waals surface area (Å²) in [6.07, 6.45) is 8.13. The molecule has 3 aliphatic rings. The number of pyridine rings is 1. The molecule has 10 nitrogen and oxygen atoms in total. The van der Waals surface area contributed by atoms with Crippen LogP contribution in [-0.2, 0) is 4.79 Å². The van der Waals surface area contributed by atoms with Crippen LogP contribution < -0.4 is 16.6 Å². The normalized spacial score (nSPS) is 19.0. The Bertz CT molecular complexity index is 1300. The van der Waals surface area contributed by atoms with Gasteiger partial charge in [0.15, 0.2) is 0 Å². The lowest BCUT2D eigenvalue weighted by Crippen LogP contribution is -2.51. The summed E-state index contributed by atoms with van der Waals surface area (Å²) in [6, 6.07) is 11.0. The molecule has 0 spiro atoms. The van der Waals surface area contributed by atoms with Crippen LogP contribution in [0.5, 0.6) is 0 Å². The Kier molecular flexibility index (Phi) is 6.26. The van der Waals surface area contributed by atoms with E-state index in [1.807, 2.05) is 41.1 Å². The highest BCUT2D eigenvalue weighted by molar-refractivity contribution is 6.04. The molecule has 0 aliphatic carbocycles. The number of hydrogen-bond acceptors (Lipinski definition) is 8. The third-order valence-corrected chi connectivity index (χ3v) is 6.46. The zero-order chi connectivity index (χ0) is 25.2. The van der Waals surface area contributed by atoms with Crippen LogP contribution in [0.2, 0.25) is 0 Å². The molecule has 2 aromatic rings. The number of nitrogens with two attached hydrogens (primary N) is 1. The minimum absolute atomic E-state index is 0.0370. The van der Waals surface area contributed by atoms with E-state index in [1.165, 1.54) is 11.1 Å². The molecule has 0 saturated carbocycles. The fourth-order valence-electron chi connectivity index (χ4n) is 4.66. The number of benzene rings is 1. The number of nitrogens with zero attached hydrogens (tertiary/aromatic N) is 5. The van der Waals surface area contributed by atoms with Gasteiger partial charge < -0.3 is 10.2 Å². The van der Waals surface area contributed by atoms with Crippen molar-refractivity contribution in [3.8, 4) is 0 Å². The Morgan fingerprint density at radius 2 is 2.06 bits per heavy atom. The van der Waals surface area contributed by atoms with Gasteiger partial charge in [0.1, 0.15) is 23.6 Å². The average molecular weight is 485 g/mol. The first kappa shape index (κ1) is 23.3. The molecular formula is C26H28N8O2. The van der Waals surface area contributed by atoms with E-state index in [0.717, 1.165) is 41.1 Å². The minimum atomic E-state index is -0.238. The van der Waals surface area contributed by atoms with Gasteiger partial charge in [-0.1, -0.05) is 18.7 Å². The Hall–Kier alpha value is -4.44. The standard InChI is InChI=1S/C26H28N8O2/c1-3-23(35)32-12-4-5-20(15-32)34-21-14-28-16-33(27)25(21)24(31-34)18-6-8-19(9-7-18)26(36)30-22-13-17(2)10-11-29-22/h3,6-11,13-14,16,20,31H,1,4-5,12,15,27H2,2H3,(H,29,30,36)/t20-/m1/s1. The van der Waals surface area contributed by atoms with Gasteiger partial charge in [0.25, 0.3) is 5.91 Å². The van der Waals surface area contributed by atoms with E-state index in [-0.39, 0.29) is 17.9 Å². The van der Waals surface area contributed by atoms with Gasteiger partial charge in [0, 0.05) is 30.4 Å². The summed E-state index contributed by atoms with van der Waals surface area (Å²) in [5.41, 5.74) is 8.29. The molecule has 1 fully saturated rings. The second-order valence-corrected chi connectivity index (χ2v) is 8.93. The van der Waals surface area contributed by atoms with E-state index in [4.69, 9.17) is 5.84 Å². The summed E-state index contributed by atoms with van der Waals surface area (Å²) in [4.78, 5) is 35.2. The summed E-state index contributed by atoms with van der Waals surface area (Å²) < 4.78 is 0.